The molecule has 1 aliphatic heterocycles. The van der Waals surface area contributed by atoms with E-state index in [1.54, 1.807) is 0 Å². The number of hydrogen-bond acceptors (Lipinski definition) is 4. The molecule has 0 aliphatic carbocycles. The SMILES string of the molecule is CCNC(=NCCCOCC1CCOC1)NCCCOCC.I. The predicted molar refractivity (Wildman–Crippen MR) is 105 cm³/mol. The summed E-state index contributed by atoms with van der Waals surface area (Å²) in [6.07, 6.45) is 3.07. The Morgan fingerprint density at radius 2 is 2.00 bits per heavy atom. The summed E-state index contributed by atoms with van der Waals surface area (Å²) in [5.41, 5.74) is 0. The molecule has 1 aliphatic rings. The van der Waals surface area contributed by atoms with Crippen molar-refractivity contribution >= 4 is 29.9 Å². The van der Waals surface area contributed by atoms with Crippen molar-refractivity contribution in [1.82, 2.24) is 10.6 Å². The zero-order chi connectivity index (χ0) is 15.9. The molecule has 0 amide bonds. The molecule has 0 aromatic heterocycles. The third kappa shape index (κ3) is 12.9. The largest absolute Gasteiger partial charge is 0.382 e. The van der Waals surface area contributed by atoms with E-state index in [9.17, 15) is 0 Å². The molecule has 7 heteroatoms. The van der Waals surface area contributed by atoms with Gasteiger partial charge in [0.2, 0.25) is 0 Å². The number of aliphatic imine (C=N–C) groups is 1. The summed E-state index contributed by atoms with van der Waals surface area (Å²) in [5.74, 6) is 1.47. The number of rotatable bonds is 12. The average molecular weight is 443 g/mol. The summed E-state index contributed by atoms with van der Waals surface area (Å²) < 4.78 is 16.3. The highest BCUT2D eigenvalue weighted by Crippen LogP contribution is 2.12. The van der Waals surface area contributed by atoms with E-state index in [1.165, 1.54) is 0 Å². The number of hydrogen-bond donors (Lipinski definition) is 2. The van der Waals surface area contributed by atoms with Gasteiger partial charge in [0.25, 0.3) is 0 Å². The van der Waals surface area contributed by atoms with Crippen LogP contribution in [0.4, 0.5) is 0 Å². The Balaban J connectivity index is 0.00000484. The van der Waals surface area contributed by atoms with Crippen LogP contribution in [-0.4, -0.2) is 65.2 Å². The van der Waals surface area contributed by atoms with E-state index < -0.39 is 0 Å². The van der Waals surface area contributed by atoms with Crippen LogP contribution in [0.15, 0.2) is 4.99 Å². The molecule has 0 spiro atoms. The summed E-state index contributed by atoms with van der Waals surface area (Å²) in [6.45, 7) is 11.5. The summed E-state index contributed by atoms with van der Waals surface area (Å²) in [5, 5.41) is 6.57. The van der Waals surface area contributed by atoms with Gasteiger partial charge >= 0.3 is 0 Å². The maximum absolute atomic E-state index is 5.68. The third-order valence-corrected chi connectivity index (χ3v) is 3.40. The number of nitrogens with zero attached hydrogens (tertiary/aromatic N) is 1. The second-order valence-corrected chi connectivity index (χ2v) is 5.40. The fourth-order valence-electron chi connectivity index (χ4n) is 2.19. The van der Waals surface area contributed by atoms with Gasteiger partial charge in [0.15, 0.2) is 5.96 Å². The van der Waals surface area contributed by atoms with Gasteiger partial charge in [0, 0.05) is 52.0 Å². The van der Waals surface area contributed by atoms with E-state index in [1.807, 2.05) is 6.92 Å². The quantitative estimate of drug-likeness (QED) is 0.209. The first kappa shape index (κ1) is 22.9. The highest BCUT2D eigenvalue weighted by atomic mass is 127. The minimum Gasteiger partial charge on any atom is -0.382 e. The molecule has 138 valence electrons. The Bertz CT molecular complexity index is 288. The third-order valence-electron chi connectivity index (χ3n) is 3.40. The lowest BCUT2D eigenvalue weighted by molar-refractivity contribution is 0.0893. The molecule has 6 nitrogen and oxygen atoms in total. The first-order chi connectivity index (χ1) is 10.9. The van der Waals surface area contributed by atoms with E-state index in [0.717, 1.165) is 84.5 Å². The molecule has 1 saturated heterocycles. The predicted octanol–water partition coefficient (Wildman–Crippen LogP) is 2.03. The molecular weight excluding hydrogens is 409 g/mol. The van der Waals surface area contributed by atoms with Crippen LogP contribution in [0.1, 0.15) is 33.1 Å². The fraction of sp³-hybridized carbons (Fsp3) is 0.938. The molecule has 0 bridgehead atoms. The van der Waals surface area contributed by atoms with Gasteiger partial charge in [-0.1, -0.05) is 0 Å². The molecule has 23 heavy (non-hydrogen) atoms. The van der Waals surface area contributed by atoms with E-state index in [2.05, 4.69) is 22.5 Å². The Morgan fingerprint density at radius 1 is 1.17 bits per heavy atom. The van der Waals surface area contributed by atoms with Gasteiger partial charge in [-0.2, -0.15) is 0 Å². The van der Waals surface area contributed by atoms with Gasteiger partial charge in [-0.15, -0.1) is 24.0 Å². The van der Waals surface area contributed by atoms with Crippen molar-refractivity contribution in [2.24, 2.45) is 10.9 Å². The van der Waals surface area contributed by atoms with Crippen molar-refractivity contribution in [3.8, 4) is 0 Å². The smallest absolute Gasteiger partial charge is 0.191 e. The molecule has 2 N–H and O–H groups in total. The average Bonchev–Trinajstić information content (AvgIpc) is 3.03. The minimum atomic E-state index is 0. The number of guanidine groups is 1. The maximum Gasteiger partial charge on any atom is 0.191 e. The fourth-order valence-corrected chi connectivity index (χ4v) is 2.19. The van der Waals surface area contributed by atoms with E-state index in [0.29, 0.717) is 5.92 Å². The molecule has 1 unspecified atom stereocenters. The lowest BCUT2D eigenvalue weighted by Crippen LogP contribution is -2.38. The normalized spacial score (nSPS) is 17.8. The first-order valence-corrected chi connectivity index (χ1v) is 8.62. The summed E-state index contributed by atoms with van der Waals surface area (Å²) in [4.78, 5) is 4.55. The molecular formula is C16H34IN3O3. The van der Waals surface area contributed by atoms with Crippen LogP contribution in [-0.2, 0) is 14.2 Å². The molecule has 0 aromatic rings. The van der Waals surface area contributed by atoms with E-state index in [-0.39, 0.29) is 24.0 Å². The van der Waals surface area contributed by atoms with Gasteiger partial charge in [0.05, 0.1) is 13.2 Å². The van der Waals surface area contributed by atoms with Crippen LogP contribution in [0, 0.1) is 5.92 Å². The van der Waals surface area contributed by atoms with Crippen LogP contribution >= 0.6 is 24.0 Å². The summed E-state index contributed by atoms with van der Waals surface area (Å²) in [7, 11) is 0. The molecule has 0 aromatic carbocycles. The van der Waals surface area contributed by atoms with Crippen LogP contribution in [0.2, 0.25) is 0 Å². The van der Waals surface area contributed by atoms with Crippen molar-refractivity contribution in [2.45, 2.75) is 33.1 Å². The molecule has 1 atom stereocenters. The minimum absolute atomic E-state index is 0. The monoisotopic (exact) mass is 443 g/mol. The second kappa shape index (κ2) is 16.7. The first-order valence-electron chi connectivity index (χ1n) is 8.62. The Hall–Kier alpha value is -0.120. The van der Waals surface area contributed by atoms with Crippen molar-refractivity contribution in [2.75, 3.05) is 59.3 Å². The van der Waals surface area contributed by atoms with Gasteiger partial charge in [0.1, 0.15) is 0 Å². The van der Waals surface area contributed by atoms with Crippen LogP contribution < -0.4 is 10.6 Å². The lowest BCUT2D eigenvalue weighted by Gasteiger charge is -2.11. The highest BCUT2D eigenvalue weighted by molar-refractivity contribution is 14.0. The van der Waals surface area contributed by atoms with Gasteiger partial charge in [-0.05, 0) is 33.1 Å². The summed E-state index contributed by atoms with van der Waals surface area (Å²) in [6, 6.07) is 0. The Morgan fingerprint density at radius 3 is 2.70 bits per heavy atom. The zero-order valence-corrected chi connectivity index (χ0v) is 17.0. The molecule has 0 saturated carbocycles. The Kier molecular flexibility index (Phi) is 16.6. The topological polar surface area (TPSA) is 64.1 Å². The van der Waals surface area contributed by atoms with Crippen LogP contribution in [0.3, 0.4) is 0 Å². The number of halogens is 1. The molecule has 1 rings (SSSR count). The van der Waals surface area contributed by atoms with Crippen LogP contribution in [0.25, 0.3) is 0 Å². The highest BCUT2D eigenvalue weighted by Gasteiger charge is 2.14. The second-order valence-electron chi connectivity index (χ2n) is 5.40. The van der Waals surface area contributed by atoms with E-state index in [4.69, 9.17) is 14.2 Å². The molecule has 1 heterocycles. The van der Waals surface area contributed by atoms with Crippen molar-refractivity contribution in [3.05, 3.63) is 0 Å². The number of ether oxygens (including phenoxy) is 3. The zero-order valence-electron chi connectivity index (χ0n) is 14.6. The van der Waals surface area contributed by atoms with E-state index >= 15 is 0 Å². The molecule has 0 radical (unpaired) electrons. The van der Waals surface area contributed by atoms with Crippen molar-refractivity contribution in [3.63, 3.8) is 0 Å². The lowest BCUT2D eigenvalue weighted by atomic mass is 10.1. The van der Waals surface area contributed by atoms with Gasteiger partial charge in [-0.25, -0.2) is 0 Å². The standard InChI is InChI=1S/C16H33N3O3.HI/c1-3-17-16(18-8-5-10-20-4-2)19-9-6-11-21-13-15-7-12-22-14-15;/h15H,3-14H2,1-2H3,(H2,17,18,19);1H. The van der Waals surface area contributed by atoms with Crippen LogP contribution in [0.5, 0.6) is 0 Å². The van der Waals surface area contributed by atoms with Gasteiger partial charge in [-0.3, -0.25) is 4.99 Å². The number of nitrogens with one attached hydrogen (secondary N) is 2. The maximum atomic E-state index is 5.68. The van der Waals surface area contributed by atoms with Crippen molar-refractivity contribution in [1.29, 1.82) is 0 Å². The summed E-state index contributed by atoms with van der Waals surface area (Å²) >= 11 is 0. The molecule has 1 fully saturated rings. The Labute approximate surface area is 158 Å². The van der Waals surface area contributed by atoms with Crippen molar-refractivity contribution < 1.29 is 14.2 Å². The van der Waals surface area contributed by atoms with Gasteiger partial charge < -0.3 is 24.8 Å².